The average molecular weight is 212 g/mol. The van der Waals surface area contributed by atoms with Crippen molar-refractivity contribution in [3.05, 3.63) is 0 Å². The van der Waals surface area contributed by atoms with Gasteiger partial charge in [0.25, 0.3) is 0 Å². The van der Waals surface area contributed by atoms with Crippen molar-refractivity contribution in [2.75, 3.05) is 33.2 Å². The predicted molar refractivity (Wildman–Crippen MR) is 51.3 cm³/mol. The number of alkyl halides is 3. The standard InChI is InChI=1S/C9H19F3N2/c1-3-14(2)8-7-13-6-4-5-9(10,11)12/h13H,3-8H2,1-2H3. The van der Waals surface area contributed by atoms with Gasteiger partial charge in [-0.1, -0.05) is 6.92 Å². The van der Waals surface area contributed by atoms with Gasteiger partial charge in [0, 0.05) is 19.5 Å². The molecular formula is C9H19F3N2. The quantitative estimate of drug-likeness (QED) is 0.648. The lowest BCUT2D eigenvalue weighted by Gasteiger charge is -2.14. The highest BCUT2D eigenvalue weighted by atomic mass is 19.4. The highest BCUT2D eigenvalue weighted by Gasteiger charge is 2.25. The smallest absolute Gasteiger partial charge is 0.315 e. The normalized spacial score (nSPS) is 12.4. The van der Waals surface area contributed by atoms with E-state index in [1.165, 1.54) is 0 Å². The Kier molecular flexibility index (Phi) is 6.92. The van der Waals surface area contributed by atoms with Crippen LogP contribution in [0.1, 0.15) is 19.8 Å². The molecule has 0 atom stereocenters. The SMILES string of the molecule is CCN(C)CCNCCCC(F)(F)F. The number of halogens is 3. The van der Waals surface area contributed by atoms with Crippen molar-refractivity contribution in [2.24, 2.45) is 0 Å². The van der Waals surface area contributed by atoms with Gasteiger partial charge in [-0.25, -0.2) is 0 Å². The second-order valence-electron chi connectivity index (χ2n) is 3.36. The summed E-state index contributed by atoms with van der Waals surface area (Å²) in [6.07, 6.45) is -4.54. The van der Waals surface area contributed by atoms with Crippen LogP contribution in [0.25, 0.3) is 0 Å². The van der Waals surface area contributed by atoms with E-state index >= 15 is 0 Å². The van der Waals surface area contributed by atoms with E-state index in [0.717, 1.165) is 19.6 Å². The molecule has 0 saturated carbocycles. The summed E-state index contributed by atoms with van der Waals surface area (Å²) in [6, 6.07) is 0. The van der Waals surface area contributed by atoms with E-state index in [4.69, 9.17) is 0 Å². The summed E-state index contributed by atoms with van der Waals surface area (Å²) >= 11 is 0. The van der Waals surface area contributed by atoms with Crippen LogP contribution in [0.5, 0.6) is 0 Å². The molecule has 86 valence electrons. The van der Waals surface area contributed by atoms with E-state index in [1.54, 1.807) is 0 Å². The van der Waals surface area contributed by atoms with E-state index < -0.39 is 12.6 Å². The third-order valence-corrected chi connectivity index (χ3v) is 2.02. The molecule has 0 rings (SSSR count). The Morgan fingerprint density at radius 1 is 1.21 bits per heavy atom. The molecule has 14 heavy (non-hydrogen) atoms. The number of likely N-dealkylation sites (N-methyl/N-ethyl adjacent to an activating group) is 1. The van der Waals surface area contributed by atoms with Crippen LogP contribution in [0.15, 0.2) is 0 Å². The van der Waals surface area contributed by atoms with Gasteiger partial charge >= 0.3 is 6.18 Å². The molecule has 0 unspecified atom stereocenters. The molecule has 0 aromatic carbocycles. The van der Waals surface area contributed by atoms with Crippen LogP contribution in [0.3, 0.4) is 0 Å². The van der Waals surface area contributed by atoms with Crippen LogP contribution in [0, 0.1) is 0 Å². The van der Waals surface area contributed by atoms with E-state index in [9.17, 15) is 13.2 Å². The molecule has 1 N–H and O–H groups in total. The summed E-state index contributed by atoms with van der Waals surface area (Å²) in [7, 11) is 1.98. The van der Waals surface area contributed by atoms with Crippen molar-refractivity contribution >= 4 is 0 Å². The first-order valence-electron chi connectivity index (χ1n) is 4.91. The molecule has 0 heterocycles. The summed E-state index contributed by atoms with van der Waals surface area (Å²) in [6.45, 7) is 5.08. The number of nitrogens with one attached hydrogen (secondary N) is 1. The second kappa shape index (κ2) is 7.06. The molecular weight excluding hydrogens is 193 g/mol. The lowest BCUT2D eigenvalue weighted by atomic mass is 10.3. The van der Waals surface area contributed by atoms with Crippen molar-refractivity contribution in [1.29, 1.82) is 0 Å². The maximum absolute atomic E-state index is 11.7. The fourth-order valence-electron chi connectivity index (χ4n) is 0.967. The Morgan fingerprint density at radius 2 is 1.86 bits per heavy atom. The molecule has 0 fully saturated rings. The zero-order chi connectivity index (χ0) is 11.0. The third-order valence-electron chi connectivity index (χ3n) is 2.02. The summed E-state index contributed by atoms with van der Waals surface area (Å²) in [4.78, 5) is 2.11. The maximum Gasteiger partial charge on any atom is 0.389 e. The van der Waals surface area contributed by atoms with E-state index in [1.807, 2.05) is 14.0 Å². The lowest BCUT2D eigenvalue weighted by molar-refractivity contribution is -0.135. The lowest BCUT2D eigenvalue weighted by Crippen LogP contribution is -2.29. The Hall–Kier alpha value is -0.290. The minimum atomic E-state index is -4.01. The molecule has 5 heteroatoms. The Labute approximate surface area is 83.5 Å². The van der Waals surface area contributed by atoms with Gasteiger partial charge in [-0.05, 0) is 26.6 Å². The molecule has 0 aliphatic rings. The summed E-state index contributed by atoms with van der Waals surface area (Å²) in [5, 5.41) is 2.98. The van der Waals surface area contributed by atoms with Gasteiger partial charge in [-0.2, -0.15) is 13.2 Å². The van der Waals surface area contributed by atoms with Crippen LogP contribution in [0.4, 0.5) is 13.2 Å². The Bertz CT molecular complexity index is 137. The molecule has 0 radical (unpaired) electrons. The molecule has 0 amide bonds. The van der Waals surface area contributed by atoms with Crippen LogP contribution in [-0.4, -0.2) is 44.3 Å². The fourth-order valence-corrected chi connectivity index (χ4v) is 0.967. The average Bonchev–Trinajstić information content (AvgIpc) is 2.08. The topological polar surface area (TPSA) is 15.3 Å². The molecule has 0 spiro atoms. The van der Waals surface area contributed by atoms with Gasteiger partial charge in [0.2, 0.25) is 0 Å². The number of rotatable bonds is 7. The number of hydrogen-bond donors (Lipinski definition) is 1. The molecule has 0 bridgehead atoms. The third kappa shape index (κ3) is 9.80. The Balaban J connectivity index is 3.14. The van der Waals surface area contributed by atoms with Crippen LogP contribution in [-0.2, 0) is 0 Å². The minimum absolute atomic E-state index is 0.166. The van der Waals surface area contributed by atoms with Crippen molar-refractivity contribution in [1.82, 2.24) is 10.2 Å². The summed E-state index contributed by atoms with van der Waals surface area (Å²) in [5.74, 6) is 0. The summed E-state index contributed by atoms with van der Waals surface area (Å²) in [5.41, 5.74) is 0. The zero-order valence-corrected chi connectivity index (χ0v) is 8.82. The van der Waals surface area contributed by atoms with Gasteiger partial charge < -0.3 is 10.2 Å². The maximum atomic E-state index is 11.7. The monoisotopic (exact) mass is 212 g/mol. The van der Waals surface area contributed by atoms with E-state index in [0.29, 0.717) is 6.54 Å². The van der Waals surface area contributed by atoms with E-state index in [-0.39, 0.29) is 6.42 Å². The Morgan fingerprint density at radius 3 is 2.36 bits per heavy atom. The van der Waals surface area contributed by atoms with Gasteiger partial charge in [0.15, 0.2) is 0 Å². The number of nitrogens with zero attached hydrogens (tertiary/aromatic N) is 1. The van der Waals surface area contributed by atoms with Crippen molar-refractivity contribution in [3.8, 4) is 0 Å². The van der Waals surface area contributed by atoms with Crippen molar-refractivity contribution in [3.63, 3.8) is 0 Å². The van der Waals surface area contributed by atoms with Gasteiger partial charge in [-0.15, -0.1) is 0 Å². The predicted octanol–water partition coefficient (Wildman–Crippen LogP) is 1.87. The van der Waals surface area contributed by atoms with Crippen LogP contribution in [0.2, 0.25) is 0 Å². The highest BCUT2D eigenvalue weighted by molar-refractivity contribution is 4.56. The first-order chi connectivity index (χ1) is 6.45. The fraction of sp³-hybridized carbons (Fsp3) is 1.00. The molecule has 0 aromatic rings. The largest absolute Gasteiger partial charge is 0.389 e. The molecule has 0 aliphatic heterocycles. The molecule has 2 nitrogen and oxygen atoms in total. The van der Waals surface area contributed by atoms with Crippen molar-refractivity contribution < 1.29 is 13.2 Å². The summed E-state index contributed by atoms with van der Waals surface area (Å²) < 4.78 is 35.1. The number of hydrogen-bond acceptors (Lipinski definition) is 2. The molecule has 0 aromatic heterocycles. The first-order valence-corrected chi connectivity index (χ1v) is 4.91. The molecule has 0 saturated heterocycles. The highest BCUT2D eigenvalue weighted by Crippen LogP contribution is 2.20. The zero-order valence-electron chi connectivity index (χ0n) is 8.82. The minimum Gasteiger partial charge on any atom is -0.315 e. The first kappa shape index (κ1) is 13.7. The van der Waals surface area contributed by atoms with Gasteiger partial charge in [0.05, 0.1) is 0 Å². The molecule has 0 aliphatic carbocycles. The van der Waals surface area contributed by atoms with E-state index in [2.05, 4.69) is 10.2 Å². The van der Waals surface area contributed by atoms with Crippen molar-refractivity contribution in [2.45, 2.75) is 25.9 Å². The van der Waals surface area contributed by atoms with Crippen LogP contribution < -0.4 is 5.32 Å². The second-order valence-corrected chi connectivity index (χ2v) is 3.36. The van der Waals surface area contributed by atoms with Gasteiger partial charge in [-0.3, -0.25) is 0 Å². The van der Waals surface area contributed by atoms with Crippen LogP contribution >= 0.6 is 0 Å². The van der Waals surface area contributed by atoms with Gasteiger partial charge in [0.1, 0.15) is 0 Å².